The number of aliphatic hydroxyl groups is 1. The highest BCUT2D eigenvalue weighted by Crippen LogP contribution is 2.26. The number of likely N-dealkylation sites (tertiary alicyclic amines) is 1. The number of halogens is 1. The molecule has 5 heteroatoms. The summed E-state index contributed by atoms with van der Waals surface area (Å²) in [6.07, 6.45) is 3.09. The molecule has 0 bridgehead atoms. The van der Waals surface area contributed by atoms with Crippen LogP contribution in [0.15, 0.2) is 18.3 Å². The highest BCUT2D eigenvalue weighted by Gasteiger charge is 2.43. The van der Waals surface area contributed by atoms with E-state index in [9.17, 15) is 9.90 Å². The molecular weight excluding hydrogens is 240 g/mol. The number of carbonyl (C=O) groups excluding carboxylic acids is 1. The second-order valence-electron chi connectivity index (χ2n) is 4.50. The molecule has 0 spiro atoms. The van der Waals surface area contributed by atoms with E-state index in [-0.39, 0.29) is 5.91 Å². The van der Waals surface area contributed by atoms with Gasteiger partial charge in [0.25, 0.3) is 5.91 Å². The standard InChI is InChI=1S/C12H15ClN2O2/c1-2-5-12(17)7-15(8-12)11(16)10-4-3-9(13)6-14-10/h3-4,6,17H,2,5,7-8H2,1H3. The first kappa shape index (κ1) is 12.3. The van der Waals surface area contributed by atoms with Gasteiger partial charge in [-0.3, -0.25) is 4.79 Å². The molecule has 17 heavy (non-hydrogen) atoms. The van der Waals surface area contributed by atoms with Crippen LogP contribution in [0.25, 0.3) is 0 Å². The molecule has 1 aliphatic rings. The molecule has 0 atom stereocenters. The summed E-state index contributed by atoms with van der Waals surface area (Å²) in [5.41, 5.74) is -0.329. The molecule has 1 aromatic heterocycles. The van der Waals surface area contributed by atoms with E-state index in [2.05, 4.69) is 4.98 Å². The molecule has 92 valence electrons. The van der Waals surface area contributed by atoms with E-state index in [0.717, 1.165) is 12.8 Å². The second-order valence-corrected chi connectivity index (χ2v) is 4.93. The van der Waals surface area contributed by atoms with Gasteiger partial charge in [-0.15, -0.1) is 0 Å². The average Bonchev–Trinajstić information content (AvgIpc) is 2.26. The molecule has 1 aromatic rings. The van der Waals surface area contributed by atoms with Crippen molar-refractivity contribution < 1.29 is 9.90 Å². The number of hydrogen-bond donors (Lipinski definition) is 1. The first-order valence-corrected chi connectivity index (χ1v) is 6.05. The van der Waals surface area contributed by atoms with Gasteiger partial charge in [0.15, 0.2) is 0 Å². The van der Waals surface area contributed by atoms with Gasteiger partial charge >= 0.3 is 0 Å². The molecule has 1 amide bonds. The minimum absolute atomic E-state index is 0.151. The van der Waals surface area contributed by atoms with E-state index in [1.807, 2.05) is 6.92 Å². The van der Waals surface area contributed by atoms with Crippen LogP contribution in [0, 0.1) is 0 Å². The van der Waals surface area contributed by atoms with Crippen LogP contribution >= 0.6 is 11.6 Å². The molecule has 1 saturated heterocycles. The normalized spacial score (nSPS) is 17.7. The van der Waals surface area contributed by atoms with Crippen LogP contribution in [-0.4, -0.2) is 39.6 Å². The number of β-amino-alcohol motifs (C(OH)–C–C–N with tert-alkyl or cyclic N) is 1. The fraction of sp³-hybridized carbons (Fsp3) is 0.500. The summed E-state index contributed by atoms with van der Waals surface area (Å²) in [5, 5.41) is 10.5. The van der Waals surface area contributed by atoms with E-state index < -0.39 is 5.60 Å². The minimum Gasteiger partial charge on any atom is -0.386 e. The Hall–Kier alpha value is -1.13. The third-order valence-corrected chi connectivity index (χ3v) is 3.14. The highest BCUT2D eigenvalue weighted by molar-refractivity contribution is 6.30. The largest absolute Gasteiger partial charge is 0.386 e. The van der Waals surface area contributed by atoms with Crippen molar-refractivity contribution in [2.75, 3.05) is 13.1 Å². The Morgan fingerprint density at radius 2 is 2.29 bits per heavy atom. The van der Waals surface area contributed by atoms with Gasteiger partial charge in [0, 0.05) is 6.20 Å². The van der Waals surface area contributed by atoms with Gasteiger partial charge in [0.2, 0.25) is 0 Å². The Morgan fingerprint density at radius 3 is 2.82 bits per heavy atom. The van der Waals surface area contributed by atoms with Crippen molar-refractivity contribution in [1.82, 2.24) is 9.88 Å². The molecule has 0 saturated carbocycles. The van der Waals surface area contributed by atoms with Gasteiger partial charge in [-0.1, -0.05) is 24.9 Å². The van der Waals surface area contributed by atoms with Gasteiger partial charge in [-0.05, 0) is 18.6 Å². The molecule has 1 fully saturated rings. The fourth-order valence-corrected chi connectivity index (χ4v) is 2.21. The van der Waals surface area contributed by atoms with Crippen molar-refractivity contribution in [1.29, 1.82) is 0 Å². The lowest BCUT2D eigenvalue weighted by atomic mass is 9.89. The second kappa shape index (κ2) is 4.63. The number of pyridine rings is 1. The third-order valence-electron chi connectivity index (χ3n) is 2.92. The molecule has 0 unspecified atom stereocenters. The predicted octanol–water partition coefficient (Wildman–Crippen LogP) is 1.72. The molecule has 1 N–H and O–H groups in total. The van der Waals surface area contributed by atoms with Crippen LogP contribution in [0.4, 0.5) is 0 Å². The summed E-state index contributed by atoms with van der Waals surface area (Å²) in [4.78, 5) is 17.5. The lowest BCUT2D eigenvalue weighted by Gasteiger charge is -2.46. The van der Waals surface area contributed by atoms with Crippen LogP contribution in [-0.2, 0) is 0 Å². The Morgan fingerprint density at radius 1 is 1.59 bits per heavy atom. The minimum atomic E-state index is -0.698. The van der Waals surface area contributed by atoms with Crippen LogP contribution in [0.1, 0.15) is 30.3 Å². The summed E-state index contributed by atoms with van der Waals surface area (Å²) in [6, 6.07) is 3.24. The summed E-state index contributed by atoms with van der Waals surface area (Å²) in [5.74, 6) is -0.151. The maximum absolute atomic E-state index is 11.9. The summed E-state index contributed by atoms with van der Waals surface area (Å²) >= 11 is 5.70. The quantitative estimate of drug-likeness (QED) is 0.894. The lowest BCUT2D eigenvalue weighted by Crippen LogP contribution is -2.63. The van der Waals surface area contributed by atoms with Gasteiger partial charge in [0.1, 0.15) is 5.69 Å². The van der Waals surface area contributed by atoms with Gasteiger partial charge in [-0.2, -0.15) is 0 Å². The van der Waals surface area contributed by atoms with Gasteiger partial charge < -0.3 is 10.0 Å². The Bertz CT molecular complexity index is 413. The first-order chi connectivity index (χ1) is 8.04. The van der Waals surface area contributed by atoms with E-state index >= 15 is 0 Å². The Kier molecular flexibility index (Phi) is 3.35. The number of amides is 1. The zero-order chi connectivity index (χ0) is 12.5. The van der Waals surface area contributed by atoms with E-state index in [1.54, 1.807) is 17.0 Å². The highest BCUT2D eigenvalue weighted by atomic mass is 35.5. The van der Waals surface area contributed by atoms with Crippen molar-refractivity contribution in [3.63, 3.8) is 0 Å². The zero-order valence-corrected chi connectivity index (χ0v) is 10.4. The fourth-order valence-electron chi connectivity index (χ4n) is 2.10. The SMILES string of the molecule is CCCC1(O)CN(C(=O)c2ccc(Cl)cn2)C1. The van der Waals surface area contributed by atoms with Crippen LogP contribution in [0.3, 0.4) is 0 Å². The monoisotopic (exact) mass is 254 g/mol. The third kappa shape index (κ3) is 2.58. The lowest BCUT2D eigenvalue weighted by molar-refractivity contribution is -0.0861. The zero-order valence-electron chi connectivity index (χ0n) is 9.69. The van der Waals surface area contributed by atoms with Crippen molar-refractivity contribution in [2.24, 2.45) is 0 Å². The summed E-state index contributed by atoms with van der Waals surface area (Å²) < 4.78 is 0. The maximum Gasteiger partial charge on any atom is 0.272 e. The van der Waals surface area contributed by atoms with Crippen molar-refractivity contribution >= 4 is 17.5 Å². The Balaban J connectivity index is 1.97. The molecule has 0 aliphatic carbocycles. The number of aromatic nitrogens is 1. The van der Waals surface area contributed by atoms with Crippen LogP contribution in [0.2, 0.25) is 5.02 Å². The maximum atomic E-state index is 11.9. The van der Waals surface area contributed by atoms with Crippen LogP contribution in [0.5, 0.6) is 0 Å². The molecule has 0 aromatic carbocycles. The molecule has 0 radical (unpaired) electrons. The van der Waals surface area contributed by atoms with Crippen molar-refractivity contribution in [3.05, 3.63) is 29.0 Å². The molecule has 4 nitrogen and oxygen atoms in total. The molecule has 1 aliphatic heterocycles. The van der Waals surface area contributed by atoms with E-state index in [1.165, 1.54) is 6.20 Å². The summed E-state index contributed by atoms with van der Waals surface area (Å²) in [7, 11) is 0. The smallest absolute Gasteiger partial charge is 0.272 e. The van der Waals surface area contributed by atoms with Crippen LogP contribution < -0.4 is 0 Å². The Labute approximate surface area is 105 Å². The topological polar surface area (TPSA) is 53.4 Å². The van der Waals surface area contributed by atoms with Gasteiger partial charge in [0.05, 0.1) is 23.7 Å². The van der Waals surface area contributed by atoms with Crippen molar-refractivity contribution in [3.8, 4) is 0 Å². The van der Waals surface area contributed by atoms with E-state index in [4.69, 9.17) is 11.6 Å². The van der Waals surface area contributed by atoms with Gasteiger partial charge in [-0.25, -0.2) is 4.98 Å². The summed E-state index contributed by atoms with van der Waals surface area (Å²) in [6.45, 7) is 2.80. The first-order valence-electron chi connectivity index (χ1n) is 5.67. The predicted molar refractivity (Wildman–Crippen MR) is 65.0 cm³/mol. The number of carbonyl (C=O) groups is 1. The number of rotatable bonds is 3. The molecule has 2 heterocycles. The van der Waals surface area contributed by atoms with Crippen molar-refractivity contribution in [2.45, 2.75) is 25.4 Å². The number of hydrogen-bond acceptors (Lipinski definition) is 3. The van der Waals surface area contributed by atoms with E-state index in [0.29, 0.717) is 23.8 Å². The number of nitrogens with zero attached hydrogens (tertiary/aromatic N) is 2. The molecule has 2 rings (SSSR count). The molecular formula is C12H15ClN2O2. The average molecular weight is 255 g/mol.